The molecule has 0 radical (unpaired) electrons. The Balaban J connectivity index is 2.12. The number of carbonyl (C=O) groups is 1. The van der Waals surface area contributed by atoms with E-state index in [1.165, 1.54) is 11.1 Å². The van der Waals surface area contributed by atoms with Gasteiger partial charge in [-0.2, -0.15) is 0 Å². The number of hydrogen-bond acceptors (Lipinski definition) is 4. The number of fused-ring (bicyclic) bond motifs is 2. The second kappa shape index (κ2) is 6.03. The lowest BCUT2D eigenvalue weighted by Crippen LogP contribution is -2.14. The lowest BCUT2D eigenvalue weighted by Gasteiger charge is -2.22. The van der Waals surface area contributed by atoms with Gasteiger partial charge in [0.2, 0.25) is 5.75 Å². The summed E-state index contributed by atoms with van der Waals surface area (Å²) in [6, 6.07) is 2.05. The number of rotatable bonds is 3. The van der Waals surface area contributed by atoms with Crippen molar-refractivity contribution in [1.29, 1.82) is 0 Å². The summed E-state index contributed by atoms with van der Waals surface area (Å²) in [5.41, 5.74) is 3.60. The van der Waals surface area contributed by atoms with Crippen LogP contribution in [0.2, 0.25) is 0 Å². The van der Waals surface area contributed by atoms with Crippen LogP contribution in [-0.4, -0.2) is 27.1 Å². The highest BCUT2D eigenvalue weighted by atomic mass is 16.5. The molecule has 0 bridgehead atoms. The molecule has 0 amide bonds. The van der Waals surface area contributed by atoms with E-state index in [0.717, 1.165) is 37.0 Å². The van der Waals surface area contributed by atoms with Gasteiger partial charge in [-0.05, 0) is 49.3 Å². The van der Waals surface area contributed by atoms with Gasteiger partial charge in [-0.3, -0.25) is 4.79 Å². The van der Waals surface area contributed by atoms with E-state index in [1.807, 2.05) is 6.08 Å². The monoisotopic (exact) mass is 302 g/mol. The lowest BCUT2D eigenvalue weighted by atomic mass is 9.83. The Morgan fingerprint density at radius 1 is 1.00 bits per heavy atom. The van der Waals surface area contributed by atoms with Crippen molar-refractivity contribution in [3.8, 4) is 17.2 Å². The van der Waals surface area contributed by atoms with Crippen LogP contribution in [0.5, 0.6) is 17.2 Å². The Hall–Kier alpha value is -1.97. The van der Waals surface area contributed by atoms with Gasteiger partial charge in [-0.1, -0.05) is 5.57 Å². The lowest BCUT2D eigenvalue weighted by molar-refractivity contribution is -0.115. The summed E-state index contributed by atoms with van der Waals surface area (Å²) in [4.78, 5) is 11.8. The first-order chi connectivity index (χ1) is 10.7. The molecule has 0 saturated carbocycles. The molecule has 118 valence electrons. The fraction of sp³-hybridized carbons (Fsp3) is 0.500. The number of benzene rings is 1. The second-order valence-electron chi connectivity index (χ2n) is 5.92. The predicted molar refractivity (Wildman–Crippen MR) is 83.9 cm³/mol. The normalized spacial score (nSPS) is 20.4. The third kappa shape index (κ3) is 2.47. The number of hydrogen-bond donors (Lipinski definition) is 0. The minimum atomic E-state index is 0.245. The zero-order chi connectivity index (χ0) is 15.7. The van der Waals surface area contributed by atoms with E-state index in [9.17, 15) is 4.79 Å². The molecule has 1 aromatic rings. The first-order valence-electron chi connectivity index (χ1n) is 7.72. The fourth-order valence-electron chi connectivity index (χ4n) is 3.64. The third-order valence-electron chi connectivity index (χ3n) is 4.78. The first kappa shape index (κ1) is 14.9. The van der Waals surface area contributed by atoms with E-state index in [2.05, 4.69) is 6.07 Å². The van der Waals surface area contributed by atoms with Gasteiger partial charge in [-0.25, -0.2) is 0 Å². The van der Waals surface area contributed by atoms with Crippen molar-refractivity contribution in [1.82, 2.24) is 0 Å². The summed E-state index contributed by atoms with van der Waals surface area (Å²) < 4.78 is 16.6. The summed E-state index contributed by atoms with van der Waals surface area (Å²) in [5.74, 6) is 2.82. The Morgan fingerprint density at radius 3 is 2.41 bits per heavy atom. The van der Waals surface area contributed by atoms with E-state index in [1.54, 1.807) is 21.3 Å². The summed E-state index contributed by atoms with van der Waals surface area (Å²) in [6.07, 6.45) is 6.30. The first-order valence-corrected chi connectivity index (χ1v) is 7.72. The highest BCUT2D eigenvalue weighted by Gasteiger charge is 2.29. The van der Waals surface area contributed by atoms with Crippen molar-refractivity contribution in [3.05, 3.63) is 28.8 Å². The SMILES string of the molecule is COc1cc2c(c(OC)c1OC)CC1=CC(=O)CCC1CC2. The highest BCUT2D eigenvalue weighted by Crippen LogP contribution is 2.46. The van der Waals surface area contributed by atoms with E-state index in [-0.39, 0.29) is 5.78 Å². The molecule has 2 aliphatic rings. The van der Waals surface area contributed by atoms with Crippen LogP contribution in [0.4, 0.5) is 0 Å². The van der Waals surface area contributed by atoms with Gasteiger partial charge >= 0.3 is 0 Å². The van der Waals surface area contributed by atoms with Gasteiger partial charge in [0.15, 0.2) is 17.3 Å². The molecule has 1 aromatic carbocycles. The molecule has 1 atom stereocenters. The number of methoxy groups -OCH3 is 3. The summed E-state index contributed by atoms with van der Waals surface area (Å²) in [7, 11) is 4.91. The molecular weight excluding hydrogens is 280 g/mol. The number of carbonyl (C=O) groups excluding carboxylic acids is 1. The molecule has 0 N–H and O–H groups in total. The molecule has 1 unspecified atom stereocenters. The minimum Gasteiger partial charge on any atom is -0.493 e. The topological polar surface area (TPSA) is 44.8 Å². The molecule has 2 aliphatic carbocycles. The summed E-state index contributed by atoms with van der Waals surface area (Å²) in [6.45, 7) is 0. The van der Waals surface area contributed by atoms with Crippen LogP contribution in [0.25, 0.3) is 0 Å². The van der Waals surface area contributed by atoms with Crippen LogP contribution < -0.4 is 14.2 Å². The van der Waals surface area contributed by atoms with E-state index in [0.29, 0.717) is 23.8 Å². The molecule has 0 spiro atoms. The van der Waals surface area contributed by atoms with Gasteiger partial charge < -0.3 is 14.2 Å². The van der Waals surface area contributed by atoms with E-state index in [4.69, 9.17) is 14.2 Å². The maximum absolute atomic E-state index is 11.8. The average molecular weight is 302 g/mol. The Morgan fingerprint density at radius 2 is 1.73 bits per heavy atom. The molecule has 4 heteroatoms. The van der Waals surface area contributed by atoms with Crippen molar-refractivity contribution in [2.45, 2.75) is 32.1 Å². The number of ether oxygens (including phenoxy) is 3. The zero-order valence-corrected chi connectivity index (χ0v) is 13.4. The summed E-state index contributed by atoms with van der Waals surface area (Å²) in [5, 5.41) is 0. The quantitative estimate of drug-likeness (QED) is 0.860. The van der Waals surface area contributed by atoms with E-state index >= 15 is 0 Å². The fourth-order valence-corrected chi connectivity index (χ4v) is 3.64. The number of ketones is 1. The standard InChI is InChI=1S/C18H22O4/c1-20-16-10-12-5-4-11-6-7-14(19)8-13(11)9-15(12)17(21-2)18(16)22-3/h8,10-11H,4-7,9H2,1-3H3. The number of allylic oxidation sites excluding steroid dienone is 2. The van der Waals surface area contributed by atoms with Crippen molar-refractivity contribution in [2.24, 2.45) is 5.92 Å². The van der Waals surface area contributed by atoms with Crippen molar-refractivity contribution in [3.63, 3.8) is 0 Å². The molecule has 0 aliphatic heterocycles. The van der Waals surface area contributed by atoms with Crippen molar-refractivity contribution >= 4 is 5.78 Å². The average Bonchev–Trinajstić information content (AvgIpc) is 2.71. The van der Waals surface area contributed by atoms with Crippen LogP contribution in [0, 0.1) is 5.92 Å². The number of aryl methyl sites for hydroxylation is 1. The molecular formula is C18H22O4. The van der Waals surface area contributed by atoms with Gasteiger partial charge in [-0.15, -0.1) is 0 Å². The highest BCUT2D eigenvalue weighted by molar-refractivity contribution is 5.91. The second-order valence-corrected chi connectivity index (χ2v) is 5.92. The molecule has 0 saturated heterocycles. The summed E-state index contributed by atoms with van der Waals surface area (Å²) >= 11 is 0. The van der Waals surface area contributed by atoms with Crippen LogP contribution in [-0.2, 0) is 17.6 Å². The maximum atomic E-state index is 11.8. The van der Waals surface area contributed by atoms with Crippen LogP contribution in [0.1, 0.15) is 30.4 Å². The van der Waals surface area contributed by atoms with Gasteiger partial charge in [0.05, 0.1) is 21.3 Å². The molecule has 3 rings (SSSR count). The Kier molecular flexibility index (Phi) is 4.10. The Labute approximate surface area is 131 Å². The van der Waals surface area contributed by atoms with Crippen LogP contribution in [0.3, 0.4) is 0 Å². The third-order valence-corrected chi connectivity index (χ3v) is 4.78. The maximum Gasteiger partial charge on any atom is 0.203 e. The minimum absolute atomic E-state index is 0.245. The molecule has 0 aromatic heterocycles. The predicted octanol–water partition coefficient (Wildman–Crippen LogP) is 3.11. The molecule has 4 nitrogen and oxygen atoms in total. The van der Waals surface area contributed by atoms with E-state index < -0.39 is 0 Å². The molecule has 0 fully saturated rings. The van der Waals surface area contributed by atoms with Crippen molar-refractivity contribution < 1.29 is 19.0 Å². The van der Waals surface area contributed by atoms with Crippen LogP contribution >= 0.6 is 0 Å². The largest absolute Gasteiger partial charge is 0.493 e. The molecule has 0 heterocycles. The smallest absolute Gasteiger partial charge is 0.203 e. The van der Waals surface area contributed by atoms with Gasteiger partial charge in [0, 0.05) is 12.0 Å². The van der Waals surface area contributed by atoms with Gasteiger partial charge in [0.25, 0.3) is 0 Å². The zero-order valence-electron chi connectivity index (χ0n) is 13.4. The molecule has 22 heavy (non-hydrogen) atoms. The Bertz CT molecular complexity index is 630. The van der Waals surface area contributed by atoms with Gasteiger partial charge in [0.1, 0.15) is 0 Å². The van der Waals surface area contributed by atoms with Crippen molar-refractivity contribution in [2.75, 3.05) is 21.3 Å². The van der Waals surface area contributed by atoms with Crippen LogP contribution in [0.15, 0.2) is 17.7 Å².